The van der Waals surface area contributed by atoms with Crippen LogP contribution in [0.15, 0.2) is 24.3 Å². The predicted octanol–water partition coefficient (Wildman–Crippen LogP) is 2.47. The van der Waals surface area contributed by atoms with Gasteiger partial charge in [0, 0.05) is 25.7 Å². The minimum atomic E-state index is -0.244. The van der Waals surface area contributed by atoms with Gasteiger partial charge >= 0.3 is 0 Å². The number of aryl methyl sites for hydroxylation is 2. The highest BCUT2D eigenvalue weighted by molar-refractivity contribution is 5.76. The van der Waals surface area contributed by atoms with Crippen molar-refractivity contribution in [3.8, 4) is 0 Å². The normalized spacial score (nSPS) is 10.7. The van der Waals surface area contributed by atoms with Gasteiger partial charge in [0.1, 0.15) is 5.82 Å². The minimum Gasteiger partial charge on any atom is -0.356 e. The lowest BCUT2D eigenvalue weighted by atomic mass is 10.1. The number of carbonyl (C=O) groups excluding carboxylic acids is 1. The first-order chi connectivity index (χ1) is 10.5. The molecule has 1 heterocycles. The Morgan fingerprint density at radius 3 is 2.73 bits per heavy atom. The fourth-order valence-electron chi connectivity index (χ4n) is 2.54. The van der Waals surface area contributed by atoms with Gasteiger partial charge in [-0.05, 0) is 49.9 Å². The largest absolute Gasteiger partial charge is 0.356 e. The number of nitrogens with one attached hydrogen (secondary N) is 1. The van der Waals surface area contributed by atoms with Crippen LogP contribution in [0.25, 0.3) is 0 Å². The van der Waals surface area contributed by atoms with Crippen molar-refractivity contribution in [3.63, 3.8) is 0 Å². The van der Waals surface area contributed by atoms with Crippen molar-refractivity contribution < 1.29 is 9.18 Å². The molecule has 2 aromatic rings. The van der Waals surface area contributed by atoms with Gasteiger partial charge in [0.25, 0.3) is 0 Å². The second kappa shape index (κ2) is 7.20. The van der Waals surface area contributed by atoms with Crippen LogP contribution in [-0.2, 0) is 24.7 Å². The van der Waals surface area contributed by atoms with Crippen LogP contribution in [-0.4, -0.2) is 22.2 Å². The molecule has 118 valence electrons. The summed E-state index contributed by atoms with van der Waals surface area (Å²) in [5.41, 5.74) is 4.11. The third kappa shape index (κ3) is 4.16. The zero-order chi connectivity index (χ0) is 16.1. The first kappa shape index (κ1) is 16.2. The second-order valence-electron chi connectivity index (χ2n) is 5.50. The molecule has 1 N–H and O–H groups in total. The Bertz CT molecular complexity index is 664. The number of aromatic nitrogens is 2. The maximum absolute atomic E-state index is 13.0. The van der Waals surface area contributed by atoms with Crippen LogP contribution in [0.2, 0.25) is 0 Å². The molecule has 5 heteroatoms. The van der Waals surface area contributed by atoms with Crippen molar-refractivity contribution in [3.05, 3.63) is 52.6 Å². The van der Waals surface area contributed by atoms with Gasteiger partial charge in [-0.3, -0.25) is 9.48 Å². The smallest absolute Gasteiger partial charge is 0.220 e. The van der Waals surface area contributed by atoms with Crippen molar-refractivity contribution in [1.82, 2.24) is 15.1 Å². The Balaban J connectivity index is 1.76. The summed E-state index contributed by atoms with van der Waals surface area (Å²) in [5, 5.41) is 7.23. The Labute approximate surface area is 130 Å². The molecule has 0 aliphatic carbocycles. The zero-order valence-electron chi connectivity index (χ0n) is 13.3. The molecule has 0 spiro atoms. The fraction of sp³-hybridized carbons (Fsp3) is 0.412. The van der Waals surface area contributed by atoms with Gasteiger partial charge in [-0.1, -0.05) is 12.1 Å². The van der Waals surface area contributed by atoms with Gasteiger partial charge in [0.2, 0.25) is 5.91 Å². The van der Waals surface area contributed by atoms with E-state index in [-0.39, 0.29) is 11.7 Å². The summed E-state index contributed by atoms with van der Waals surface area (Å²) >= 11 is 0. The number of amides is 1. The molecule has 1 amide bonds. The second-order valence-corrected chi connectivity index (χ2v) is 5.50. The Hall–Kier alpha value is -2.17. The fourth-order valence-corrected chi connectivity index (χ4v) is 2.54. The Morgan fingerprint density at radius 2 is 2.09 bits per heavy atom. The Morgan fingerprint density at radius 1 is 1.32 bits per heavy atom. The van der Waals surface area contributed by atoms with Gasteiger partial charge in [0.05, 0.1) is 5.69 Å². The molecule has 0 aliphatic heterocycles. The minimum absolute atomic E-state index is 0.0130. The number of halogens is 1. The molecular formula is C17H22FN3O. The van der Waals surface area contributed by atoms with Crippen LogP contribution < -0.4 is 5.32 Å². The summed E-state index contributed by atoms with van der Waals surface area (Å²) in [5.74, 6) is -0.231. The third-order valence-corrected chi connectivity index (χ3v) is 3.89. The van der Waals surface area contributed by atoms with E-state index < -0.39 is 0 Å². The van der Waals surface area contributed by atoms with E-state index in [0.717, 1.165) is 22.5 Å². The van der Waals surface area contributed by atoms with Crippen LogP contribution in [0.5, 0.6) is 0 Å². The average Bonchev–Trinajstić information content (AvgIpc) is 2.70. The highest BCUT2D eigenvalue weighted by Gasteiger charge is 2.11. The summed E-state index contributed by atoms with van der Waals surface area (Å²) in [7, 11) is 1.91. The van der Waals surface area contributed by atoms with Gasteiger partial charge < -0.3 is 5.32 Å². The van der Waals surface area contributed by atoms with E-state index in [0.29, 0.717) is 25.8 Å². The maximum Gasteiger partial charge on any atom is 0.220 e. The van der Waals surface area contributed by atoms with E-state index >= 15 is 0 Å². The molecule has 0 saturated carbocycles. The molecule has 0 unspecified atom stereocenters. The van der Waals surface area contributed by atoms with E-state index in [2.05, 4.69) is 10.4 Å². The molecule has 0 atom stereocenters. The molecule has 4 nitrogen and oxygen atoms in total. The molecule has 0 aliphatic rings. The van der Waals surface area contributed by atoms with E-state index in [4.69, 9.17) is 0 Å². The van der Waals surface area contributed by atoms with Crippen molar-refractivity contribution in [2.45, 2.75) is 33.1 Å². The summed E-state index contributed by atoms with van der Waals surface area (Å²) in [6.07, 6.45) is 1.77. The molecule has 0 saturated heterocycles. The van der Waals surface area contributed by atoms with Gasteiger partial charge in [-0.2, -0.15) is 5.10 Å². The van der Waals surface area contributed by atoms with Crippen LogP contribution in [0.4, 0.5) is 4.39 Å². The monoisotopic (exact) mass is 303 g/mol. The first-order valence-electron chi connectivity index (χ1n) is 7.47. The molecule has 1 aromatic carbocycles. The molecule has 0 radical (unpaired) electrons. The molecule has 0 bridgehead atoms. The highest BCUT2D eigenvalue weighted by Crippen LogP contribution is 2.13. The van der Waals surface area contributed by atoms with E-state index in [1.165, 1.54) is 12.1 Å². The quantitative estimate of drug-likeness (QED) is 0.891. The van der Waals surface area contributed by atoms with Crippen molar-refractivity contribution in [1.29, 1.82) is 0 Å². The van der Waals surface area contributed by atoms with E-state index in [1.807, 2.05) is 31.6 Å². The number of carbonyl (C=O) groups is 1. The molecule has 2 rings (SSSR count). The summed E-state index contributed by atoms with van der Waals surface area (Å²) in [6.45, 7) is 4.49. The maximum atomic E-state index is 13.0. The summed E-state index contributed by atoms with van der Waals surface area (Å²) < 4.78 is 14.9. The lowest BCUT2D eigenvalue weighted by Crippen LogP contribution is -2.26. The standard InChI is InChI=1S/C17H22FN3O/c1-12-16(13(2)21(3)20-12)7-8-17(22)19-10-9-14-5-4-6-15(18)11-14/h4-6,11H,7-10H2,1-3H3,(H,19,22). The predicted molar refractivity (Wildman–Crippen MR) is 84.1 cm³/mol. The SMILES string of the molecule is Cc1nn(C)c(C)c1CCC(=O)NCCc1cccc(F)c1. The average molecular weight is 303 g/mol. The number of hydrogen-bond acceptors (Lipinski definition) is 2. The Kier molecular flexibility index (Phi) is 5.31. The van der Waals surface area contributed by atoms with E-state index in [1.54, 1.807) is 6.07 Å². The summed E-state index contributed by atoms with van der Waals surface area (Å²) in [6, 6.07) is 6.45. The van der Waals surface area contributed by atoms with Crippen LogP contribution in [0.1, 0.15) is 28.9 Å². The molecular weight excluding hydrogens is 281 g/mol. The van der Waals surface area contributed by atoms with Crippen LogP contribution in [0.3, 0.4) is 0 Å². The van der Waals surface area contributed by atoms with Crippen molar-refractivity contribution >= 4 is 5.91 Å². The third-order valence-electron chi connectivity index (χ3n) is 3.89. The number of benzene rings is 1. The number of nitrogens with zero attached hydrogens (tertiary/aromatic N) is 2. The van der Waals surface area contributed by atoms with Gasteiger partial charge in [0.15, 0.2) is 0 Å². The van der Waals surface area contributed by atoms with Crippen molar-refractivity contribution in [2.24, 2.45) is 7.05 Å². The molecule has 1 aromatic heterocycles. The van der Waals surface area contributed by atoms with E-state index in [9.17, 15) is 9.18 Å². The lowest BCUT2D eigenvalue weighted by Gasteiger charge is -2.06. The molecule has 0 fully saturated rings. The van der Waals surface area contributed by atoms with Crippen molar-refractivity contribution in [2.75, 3.05) is 6.54 Å². The topological polar surface area (TPSA) is 46.9 Å². The number of hydrogen-bond donors (Lipinski definition) is 1. The zero-order valence-corrected chi connectivity index (χ0v) is 13.3. The molecule has 22 heavy (non-hydrogen) atoms. The van der Waals surface area contributed by atoms with Gasteiger partial charge in [-0.25, -0.2) is 4.39 Å². The van der Waals surface area contributed by atoms with Crippen LogP contribution in [0, 0.1) is 19.7 Å². The highest BCUT2D eigenvalue weighted by atomic mass is 19.1. The lowest BCUT2D eigenvalue weighted by molar-refractivity contribution is -0.121. The van der Waals surface area contributed by atoms with Crippen LogP contribution >= 0.6 is 0 Å². The number of rotatable bonds is 6. The first-order valence-corrected chi connectivity index (χ1v) is 7.47. The van der Waals surface area contributed by atoms with Gasteiger partial charge in [-0.15, -0.1) is 0 Å². The summed E-state index contributed by atoms with van der Waals surface area (Å²) in [4.78, 5) is 11.9.